The van der Waals surface area contributed by atoms with E-state index in [1.54, 1.807) is 25.1 Å². The summed E-state index contributed by atoms with van der Waals surface area (Å²) in [5, 5.41) is 3.75. The lowest BCUT2D eigenvalue weighted by molar-refractivity contribution is -0.119. The molecule has 2 N–H and O–H groups in total. The van der Waals surface area contributed by atoms with E-state index in [4.69, 9.17) is 14.0 Å². The first-order valence-corrected chi connectivity index (χ1v) is 10.3. The smallest absolute Gasteiger partial charge is 0.269 e. The molecule has 158 valence electrons. The van der Waals surface area contributed by atoms with Crippen molar-refractivity contribution in [3.63, 3.8) is 0 Å². The van der Waals surface area contributed by atoms with E-state index in [2.05, 4.69) is 34.8 Å². The van der Waals surface area contributed by atoms with Gasteiger partial charge in [0.15, 0.2) is 17.3 Å². The second kappa shape index (κ2) is 11.3. The molecule has 0 fully saturated rings. The number of hydrogen-bond donors (Lipinski definition) is 2. The first-order valence-electron chi connectivity index (χ1n) is 9.16. The Kier molecular flexibility index (Phi) is 8.78. The summed E-state index contributed by atoms with van der Waals surface area (Å²) in [7, 11) is 1.51. The standard InChI is InChI=1S/C19H26N4O5S/c1-12(2)7-8-27-15-6-5-14(9-16(15)26-4)19(25)22-21-18(24)11-29-10-17-20-13(3)28-23-17/h5-6,9,12H,7-8,10-11H2,1-4H3,(H,21,24)(H,22,25). The van der Waals surface area contributed by atoms with Gasteiger partial charge in [0.25, 0.3) is 5.91 Å². The van der Waals surface area contributed by atoms with Crippen molar-refractivity contribution in [2.75, 3.05) is 19.5 Å². The maximum atomic E-state index is 12.3. The number of aromatic nitrogens is 2. The molecule has 29 heavy (non-hydrogen) atoms. The van der Waals surface area contributed by atoms with Crippen LogP contribution in [0, 0.1) is 12.8 Å². The highest BCUT2D eigenvalue weighted by atomic mass is 32.2. The number of methoxy groups -OCH3 is 1. The Morgan fingerprint density at radius 3 is 2.69 bits per heavy atom. The molecule has 2 aromatic rings. The van der Waals surface area contributed by atoms with E-state index in [0.717, 1.165) is 6.42 Å². The van der Waals surface area contributed by atoms with Crippen molar-refractivity contribution in [1.82, 2.24) is 21.0 Å². The third-order valence-electron chi connectivity index (χ3n) is 3.73. The molecule has 0 unspecified atom stereocenters. The molecule has 0 aliphatic heterocycles. The van der Waals surface area contributed by atoms with Gasteiger partial charge in [-0.1, -0.05) is 19.0 Å². The number of hydrogen-bond acceptors (Lipinski definition) is 8. The van der Waals surface area contributed by atoms with E-state index >= 15 is 0 Å². The van der Waals surface area contributed by atoms with E-state index in [9.17, 15) is 9.59 Å². The molecular formula is C19H26N4O5S. The minimum absolute atomic E-state index is 0.139. The van der Waals surface area contributed by atoms with Crippen LogP contribution >= 0.6 is 11.8 Å². The summed E-state index contributed by atoms with van der Waals surface area (Å²) in [6.45, 7) is 6.50. The molecule has 0 atom stereocenters. The third-order valence-corrected chi connectivity index (χ3v) is 4.66. The summed E-state index contributed by atoms with van der Waals surface area (Å²) in [5.74, 6) is 2.34. The molecule has 0 aliphatic carbocycles. The molecule has 1 aromatic carbocycles. The zero-order valence-corrected chi connectivity index (χ0v) is 17.8. The van der Waals surface area contributed by atoms with Gasteiger partial charge in [-0.05, 0) is 30.5 Å². The number of amides is 2. The van der Waals surface area contributed by atoms with Crippen LogP contribution in [0.4, 0.5) is 0 Å². The predicted molar refractivity (Wildman–Crippen MR) is 109 cm³/mol. The van der Waals surface area contributed by atoms with Gasteiger partial charge < -0.3 is 14.0 Å². The molecule has 0 radical (unpaired) electrons. The minimum Gasteiger partial charge on any atom is -0.493 e. The second-order valence-corrected chi connectivity index (χ2v) is 7.61. The van der Waals surface area contributed by atoms with Crippen molar-refractivity contribution in [1.29, 1.82) is 0 Å². The summed E-state index contributed by atoms with van der Waals surface area (Å²) in [6.07, 6.45) is 0.918. The lowest BCUT2D eigenvalue weighted by atomic mass is 10.1. The number of benzene rings is 1. The number of carbonyl (C=O) groups excluding carboxylic acids is 2. The van der Waals surface area contributed by atoms with Crippen LogP contribution in [0.3, 0.4) is 0 Å². The highest BCUT2D eigenvalue weighted by molar-refractivity contribution is 7.99. The lowest BCUT2D eigenvalue weighted by Gasteiger charge is -2.13. The first-order chi connectivity index (χ1) is 13.9. The maximum Gasteiger partial charge on any atom is 0.269 e. The summed E-state index contributed by atoms with van der Waals surface area (Å²) in [4.78, 5) is 28.2. The molecule has 0 saturated heterocycles. The minimum atomic E-state index is -0.454. The molecular weight excluding hydrogens is 396 g/mol. The number of nitrogens with one attached hydrogen (secondary N) is 2. The molecule has 1 heterocycles. The Labute approximate surface area is 173 Å². The highest BCUT2D eigenvalue weighted by Crippen LogP contribution is 2.28. The van der Waals surface area contributed by atoms with Gasteiger partial charge in [0.05, 0.1) is 25.2 Å². The predicted octanol–water partition coefficient (Wildman–Crippen LogP) is 2.51. The highest BCUT2D eigenvalue weighted by Gasteiger charge is 2.13. The molecule has 0 saturated carbocycles. The molecule has 2 rings (SSSR count). The monoisotopic (exact) mass is 422 g/mol. The van der Waals surface area contributed by atoms with Crippen LogP contribution in [-0.2, 0) is 10.5 Å². The van der Waals surface area contributed by atoms with Gasteiger partial charge in [-0.3, -0.25) is 20.4 Å². The zero-order chi connectivity index (χ0) is 21.2. The molecule has 0 spiro atoms. The molecule has 1 aromatic heterocycles. The number of rotatable bonds is 10. The molecule has 2 amide bonds. The van der Waals surface area contributed by atoms with E-state index in [1.807, 2.05) is 0 Å². The Morgan fingerprint density at radius 2 is 2.03 bits per heavy atom. The summed E-state index contributed by atoms with van der Waals surface area (Å²) in [5.41, 5.74) is 5.10. The topological polar surface area (TPSA) is 116 Å². The van der Waals surface area contributed by atoms with E-state index in [1.165, 1.54) is 18.9 Å². The van der Waals surface area contributed by atoms with Crippen LogP contribution in [-0.4, -0.2) is 41.4 Å². The number of nitrogens with zero attached hydrogens (tertiary/aromatic N) is 2. The summed E-state index contributed by atoms with van der Waals surface area (Å²) >= 11 is 1.31. The Bertz CT molecular complexity index is 825. The number of carbonyl (C=O) groups is 2. The normalized spacial score (nSPS) is 10.7. The number of hydrazine groups is 1. The second-order valence-electron chi connectivity index (χ2n) is 6.62. The largest absolute Gasteiger partial charge is 0.493 e. The third kappa shape index (κ3) is 7.65. The average Bonchev–Trinajstić information content (AvgIpc) is 3.11. The van der Waals surface area contributed by atoms with E-state index in [-0.39, 0.29) is 11.7 Å². The van der Waals surface area contributed by atoms with Gasteiger partial charge in [-0.2, -0.15) is 4.98 Å². The van der Waals surface area contributed by atoms with Crippen LogP contribution in [0.15, 0.2) is 22.7 Å². The van der Waals surface area contributed by atoms with Gasteiger partial charge in [-0.25, -0.2) is 0 Å². The number of thioether (sulfide) groups is 1. The van der Waals surface area contributed by atoms with Crippen LogP contribution in [0.1, 0.15) is 42.3 Å². The number of aryl methyl sites for hydroxylation is 1. The average molecular weight is 423 g/mol. The van der Waals surface area contributed by atoms with Crippen molar-refractivity contribution < 1.29 is 23.6 Å². The Balaban J connectivity index is 1.79. The van der Waals surface area contributed by atoms with Crippen LogP contribution < -0.4 is 20.3 Å². The van der Waals surface area contributed by atoms with Crippen molar-refractivity contribution in [2.24, 2.45) is 5.92 Å². The van der Waals surface area contributed by atoms with Gasteiger partial charge in [-0.15, -0.1) is 11.8 Å². The van der Waals surface area contributed by atoms with Crippen LogP contribution in [0.25, 0.3) is 0 Å². The van der Waals surface area contributed by atoms with Gasteiger partial charge in [0.1, 0.15) is 0 Å². The van der Waals surface area contributed by atoms with Crippen LogP contribution in [0.2, 0.25) is 0 Å². The van der Waals surface area contributed by atoms with Crippen molar-refractivity contribution in [3.05, 3.63) is 35.5 Å². The lowest BCUT2D eigenvalue weighted by Crippen LogP contribution is -2.42. The van der Waals surface area contributed by atoms with Crippen LogP contribution in [0.5, 0.6) is 11.5 Å². The summed E-state index contributed by atoms with van der Waals surface area (Å²) in [6, 6.07) is 4.86. The first kappa shape index (κ1) is 22.5. The van der Waals surface area contributed by atoms with E-state index in [0.29, 0.717) is 47.1 Å². The maximum absolute atomic E-state index is 12.3. The van der Waals surface area contributed by atoms with Crippen molar-refractivity contribution >= 4 is 23.6 Å². The van der Waals surface area contributed by atoms with Crippen molar-refractivity contribution in [2.45, 2.75) is 32.9 Å². The van der Waals surface area contributed by atoms with E-state index < -0.39 is 5.91 Å². The van der Waals surface area contributed by atoms with Gasteiger partial charge in [0.2, 0.25) is 11.8 Å². The van der Waals surface area contributed by atoms with Gasteiger partial charge in [0, 0.05) is 12.5 Å². The SMILES string of the molecule is COc1cc(C(=O)NNC(=O)CSCc2noc(C)n2)ccc1OCCC(C)C. The quantitative estimate of drug-likeness (QED) is 0.561. The molecule has 0 bridgehead atoms. The Hall–Kier alpha value is -2.75. The summed E-state index contributed by atoms with van der Waals surface area (Å²) < 4.78 is 15.9. The molecule has 0 aliphatic rings. The fourth-order valence-corrected chi connectivity index (χ4v) is 2.86. The van der Waals surface area contributed by atoms with Crippen molar-refractivity contribution in [3.8, 4) is 11.5 Å². The van der Waals surface area contributed by atoms with Gasteiger partial charge >= 0.3 is 0 Å². The fraction of sp³-hybridized carbons (Fsp3) is 0.474. The zero-order valence-electron chi connectivity index (χ0n) is 17.0. The number of ether oxygens (including phenoxy) is 2. The Morgan fingerprint density at radius 1 is 1.24 bits per heavy atom. The molecule has 9 nitrogen and oxygen atoms in total. The fourth-order valence-electron chi connectivity index (χ4n) is 2.20. The molecule has 10 heteroatoms.